The first-order valence-electron chi connectivity index (χ1n) is 4.23. The summed E-state index contributed by atoms with van der Waals surface area (Å²) in [5, 5.41) is 2.56. The number of carbonyl (C=O) groups is 1. The topological polar surface area (TPSA) is 58.4 Å². The molecule has 0 atom stereocenters. The van der Waals surface area contributed by atoms with Crippen LogP contribution in [0.2, 0.25) is 0 Å². The zero-order valence-electron chi connectivity index (χ0n) is 8.17. The summed E-state index contributed by atoms with van der Waals surface area (Å²) in [7, 11) is 3.53. The molecule has 4 nitrogen and oxygen atoms in total. The van der Waals surface area contributed by atoms with Crippen LogP contribution in [0.15, 0.2) is 0 Å². The van der Waals surface area contributed by atoms with Crippen LogP contribution in [0.25, 0.3) is 0 Å². The summed E-state index contributed by atoms with van der Waals surface area (Å²) in [5.74, 6) is 0.0258. The van der Waals surface area contributed by atoms with Gasteiger partial charge in [0.2, 0.25) is 5.91 Å². The van der Waals surface area contributed by atoms with Gasteiger partial charge in [-0.2, -0.15) is 0 Å². The number of hydrogen-bond donors (Lipinski definition) is 2. The summed E-state index contributed by atoms with van der Waals surface area (Å²) < 4.78 is 0. The van der Waals surface area contributed by atoms with Crippen molar-refractivity contribution < 1.29 is 4.79 Å². The summed E-state index contributed by atoms with van der Waals surface area (Å²) in [6, 6.07) is 0. The van der Waals surface area contributed by atoms with E-state index in [2.05, 4.69) is 5.32 Å². The quantitative estimate of drug-likeness (QED) is 0.584. The SMILES string of the molecule is CNC(=O)CN(C)CCCC(N)=S. The van der Waals surface area contributed by atoms with E-state index in [1.807, 2.05) is 11.9 Å². The zero-order chi connectivity index (χ0) is 10.3. The van der Waals surface area contributed by atoms with Crippen molar-refractivity contribution in [3.63, 3.8) is 0 Å². The monoisotopic (exact) mass is 203 g/mol. The maximum Gasteiger partial charge on any atom is 0.233 e. The highest BCUT2D eigenvalue weighted by Gasteiger charge is 2.03. The average Bonchev–Trinajstić information content (AvgIpc) is 2.03. The van der Waals surface area contributed by atoms with Crippen molar-refractivity contribution >= 4 is 23.1 Å². The molecule has 13 heavy (non-hydrogen) atoms. The Labute approximate surface area is 84.5 Å². The molecule has 3 N–H and O–H groups in total. The van der Waals surface area contributed by atoms with E-state index in [4.69, 9.17) is 18.0 Å². The molecule has 5 heteroatoms. The fourth-order valence-electron chi connectivity index (χ4n) is 0.926. The van der Waals surface area contributed by atoms with Crippen LogP contribution >= 0.6 is 12.2 Å². The van der Waals surface area contributed by atoms with E-state index < -0.39 is 0 Å². The smallest absolute Gasteiger partial charge is 0.233 e. The standard InChI is InChI=1S/C8H17N3OS/c1-10-8(12)6-11(2)5-3-4-7(9)13/h3-6H2,1-2H3,(H2,9,13)(H,10,12). The van der Waals surface area contributed by atoms with Crippen LogP contribution in [0.4, 0.5) is 0 Å². The van der Waals surface area contributed by atoms with Crippen molar-refractivity contribution in [2.75, 3.05) is 27.2 Å². The number of amides is 1. The molecular formula is C8H17N3OS. The molecule has 0 spiro atoms. The Hall–Kier alpha value is -0.680. The molecule has 0 aromatic rings. The van der Waals surface area contributed by atoms with Crippen LogP contribution in [0.5, 0.6) is 0 Å². The molecule has 0 aliphatic rings. The fourth-order valence-corrected chi connectivity index (χ4v) is 1.07. The number of rotatable bonds is 6. The third-order valence-corrected chi connectivity index (χ3v) is 1.86. The number of likely N-dealkylation sites (N-methyl/N-ethyl adjacent to an activating group) is 2. The van der Waals surface area contributed by atoms with Crippen LogP contribution in [-0.2, 0) is 4.79 Å². The van der Waals surface area contributed by atoms with Crippen molar-refractivity contribution in [3.05, 3.63) is 0 Å². The number of nitrogens with two attached hydrogens (primary N) is 1. The molecule has 0 aromatic carbocycles. The van der Waals surface area contributed by atoms with Crippen LogP contribution in [-0.4, -0.2) is 43.0 Å². The summed E-state index contributed by atoms with van der Waals surface area (Å²) in [6.45, 7) is 1.26. The van der Waals surface area contributed by atoms with Crippen LogP contribution in [0.3, 0.4) is 0 Å². The fraction of sp³-hybridized carbons (Fsp3) is 0.750. The van der Waals surface area contributed by atoms with E-state index in [0.29, 0.717) is 11.5 Å². The molecule has 0 saturated carbocycles. The normalized spacial score (nSPS) is 10.1. The van der Waals surface area contributed by atoms with Gasteiger partial charge in [0.15, 0.2) is 0 Å². The highest BCUT2D eigenvalue weighted by atomic mass is 32.1. The van der Waals surface area contributed by atoms with Gasteiger partial charge in [0.25, 0.3) is 0 Å². The molecule has 0 saturated heterocycles. The Morgan fingerprint density at radius 3 is 2.69 bits per heavy atom. The van der Waals surface area contributed by atoms with Crippen LogP contribution in [0.1, 0.15) is 12.8 Å². The van der Waals surface area contributed by atoms with Gasteiger partial charge in [-0.05, 0) is 26.4 Å². The molecule has 0 unspecified atom stereocenters. The highest BCUT2D eigenvalue weighted by Crippen LogP contribution is 1.92. The number of thiocarbonyl (C=S) groups is 1. The zero-order valence-corrected chi connectivity index (χ0v) is 8.99. The van der Waals surface area contributed by atoms with Gasteiger partial charge in [-0.25, -0.2) is 0 Å². The highest BCUT2D eigenvalue weighted by molar-refractivity contribution is 7.80. The lowest BCUT2D eigenvalue weighted by molar-refractivity contribution is -0.121. The summed E-state index contributed by atoms with van der Waals surface area (Å²) >= 11 is 4.74. The molecule has 0 aliphatic heterocycles. The van der Waals surface area contributed by atoms with Gasteiger partial charge >= 0.3 is 0 Å². The lowest BCUT2D eigenvalue weighted by Crippen LogP contribution is -2.33. The molecule has 0 aliphatic carbocycles. The minimum absolute atomic E-state index is 0.0258. The van der Waals surface area contributed by atoms with Gasteiger partial charge in [0, 0.05) is 7.05 Å². The van der Waals surface area contributed by atoms with Gasteiger partial charge in [0.1, 0.15) is 0 Å². The second-order valence-electron chi connectivity index (χ2n) is 2.98. The molecule has 1 amide bonds. The maximum atomic E-state index is 10.9. The van der Waals surface area contributed by atoms with Gasteiger partial charge in [-0.15, -0.1) is 0 Å². The minimum Gasteiger partial charge on any atom is -0.393 e. The Morgan fingerprint density at radius 2 is 2.23 bits per heavy atom. The maximum absolute atomic E-state index is 10.9. The first-order valence-corrected chi connectivity index (χ1v) is 4.64. The molecule has 0 radical (unpaired) electrons. The predicted molar refractivity (Wildman–Crippen MR) is 57.6 cm³/mol. The van der Waals surface area contributed by atoms with Crippen LogP contribution < -0.4 is 11.1 Å². The summed E-state index contributed by atoms with van der Waals surface area (Å²) in [4.78, 5) is 13.4. The van der Waals surface area contributed by atoms with Gasteiger partial charge in [0.05, 0.1) is 11.5 Å². The molecule has 0 bridgehead atoms. The second kappa shape index (κ2) is 6.80. The Balaban J connectivity index is 3.45. The second-order valence-corrected chi connectivity index (χ2v) is 3.51. The molecular weight excluding hydrogens is 186 g/mol. The molecule has 76 valence electrons. The van der Waals surface area contributed by atoms with Gasteiger partial charge < -0.3 is 11.1 Å². The third-order valence-electron chi connectivity index (χ3n) is 1.66. The summed E-state index contributed by atoms with van der Waals surface area (Å²) in [6.07, 6.45) is 1.65. The Morgan fingerprint density at radius 1 is 1.62 bits per heavy atom. The van der Waals surface area contributed by atoms with Crippen molar-refractivity contribution in [1.82, 2.24) is 10.2 Å². The van der Waals surface area contributed by atoms with Crippen LogP contribution in [0, 0.1) is 0 Å². The van der Waals surface area contributed by atoms with Crippen molar-refractivity contribution in [3.8, 4) is 0 Å². The number of nitrogens with one attached hydrogen (secondary N) is 1. The Bertz CT molecular complexity index is 184. The van der Waals surface area contributed by atoms with E-state index in [9.17, 15) is 4.79 Å². The minimum atomic E-state index is 0.0258. The lowest BCUT2D eigenvalue weighted by atomic mass is 10.3. The lowest BCUT2D eigenvalue weighted by Gasteiger charge is -2.14. The van der Waals surface area contributed by atoms with E-state index in [1.54, 1.807) is 7.05 Å². The van der Waals surface area contributed by atoms with Crippen molar-refractivity contribution in [1.29, 1.82) is 0 Å². The Kier molecular flexibility index (Phi) is 6.44. The molecule has 0 heterocycles. The first kappa shape index (κ1) is 12.3. The predicted octanol–water partition coefficient (Wildman–Crippen LogP) is -0.269. The average molecular weight is 203 g/mol. The van der Waals surface area contributed by atoms with Crippen molar-refractivity contribution in [2.24, 2.45) is 5.73 Å². The van der Waals surface area contributed by atoms with Crippen molar-refractivity contribution in [2.45, 2.75) is 12.8 Å². The van der Waals surface area contributed by atoms with E-state index >= 15 is 0 Å². The van der Waals surface area contributed by atoms with Gasteiger partial charge in [-0.1, -0.05) is 12.2 Å². The summed E-state index contributed by atoms with van der Waals surface area (Å²) in [5.41, 5.74) is 5.34. The van der Waals surface area contributed by atoms with E-state index in [1.165, 1.54) is 0 Å². The first-order chi connectivity index (χ1) is 6.06. The van der Waals surface area contributed by atoms with E-state index in [-0.39, 0.29) is 5.91 Å². The largest absolute Gasteiger partial charge is 0.393 e. The van der Waals surface area contributed by atoms with Gasteiger partial charge in [-0.3, -0.25) is 9.69 Å². The molecule has 0 aromatic heterocycles. The number of nitrogens with zero attached hydrogens (tertiary/aromatic N) is 1. The number of carbonyl (C=O) groups excluding carboxylic acids is 1. The number of hydrogen-bond acceptors (Lipinski definition) is 3. The van der Waals surface area contributed by atoms with E-state index in [0.717, 1.165) is 19.4 Å². The third kappa shape index (κ3) is 7.67. The molecule has 0 rings (SSSR count). The molecule has 0 fully saturated rings.